The molecule has 1 unspecified atom stereocenters. The van der Waals surface area contributed by atoms with E-state index in [1.165, 1.54) is 18.5 Å². The number of hydrogen-bond acceptors (Lipinski definition) is 3. The van der Waals surface area contributed by atoms with Crippen LogP contribution in [0.1, 0.15) is 47.0 Å². The minimum Gasteiger partial charge on any atom is -0.494 e. The molecule has 2 rings (SSSR count). The largest absolute Gasteiger partial charge is 0.494 e. The maximum Gasteiger partial charge on any atom is 0.119 e. The van der Waals surface area contributed by atoms with Gasteiger partial charge < -0.3 is 15.0 Å². The highest BCUT2D eigenvalue weighted by Crippen LogP contribution is 2.28. The van der Waals surface area contributed by atoms with Gasteiger partial charge in [-0.15, -0.1) is 0 Å². The van der Waals surface area contributed by atoms with Crippen molar-refractivity contribution in [1.29, 1.82) is 0 Å². The lowest BCUT2D eigenvalue weighted by Crippen LogP contribution is -2.63. The summed E-state index contributed by atoms with van der Waals surface area (Å²) in [6.07, 6.45) is 3.39. The Kier molecular flexibility index (Phi) is 5.51. The highest BCUT2D eigenvalue weighted by Gasteiger charge is 2.35. The fourth-order valence-corrected chi connectivity index (χ4v) is 3.04. The molecule has 3 nitrogen and oxygen atoms in total. The summed E-state index contributed by atoms with van der Waals surface area (Å²) in [6.45, 7) is 11.9. The third kappa shape index (κ3) is 3.70. The predicted molar refractivity (Wildman–Crippen MR) is 90.4 cm³/mol. The van der Waals surface area contributed by atoms with Crippen molar-refractivity contribution in [3.63, 3.8) is 0 Å². The van der Waals surface area contributed by atoms with Gasteiger partial charge in [-0.25, -0.2) is 0 Å². The molecule has 0 amide bonds. The molecule has 1 heterocycles. The molecule has 21 heavy (non-hydrogen) atoms. The Bertz CT molecular complexity index is 425. The lowest BCUT2D eigenvalue weighted by Gasteiger charge is -2.47. The van der Waals surface area contributed by atoms with Crippen LogP contribution in [0.15, 0.2) is 24.3 Å². The van der Waals surface area contributed by atoms with E-state index in [9.17, 15) is 0 Å². The summed E-state index contributed by atoms with van der Waals surface area (Å²) >= 11 is 0. The minimum absolute atomic E-state index is 0.254. The molecule has 0 bridgehead atoms. The van der Waals surface area contributed by atoms with E-state index >= 15 is 0 Å². The van der Waals surface area contributed by atoms with E-state index in [-0.39, 0.29) is 5.54 Å². The predicted octanol–water partition coefficient (Wildman–Crippen LogP) is 3.83. The van der Waals surface area contributed by atoms with E-state index in [0.717, 1.165) is 31.9 Å². The first-order chi connectivity index (χ1) is 10.1. The average Bonchev–Trinajstić information content (AvgIpc) is 2.54. The maximum absolute atomic E-state index is 5.68. The Morgan fingerprint density at radius 3 is 2.43 bits per heavy atom. The molecular formula is C18H30N2O. The van der Waals surface area contributed by atoms with Gasteiger partial charge in [0.05, 0.1) is 6.61 Å². The molecule has 0 spiro atoms. The third-order valence-electron chi connectivity index (χ3n) is 4.77. The molecule has 1 aromatic rings. The summed E-state index contributed by atoms with van der Waals surface area (Å²) < 4.78 is 5.68. The van der Waals surface area contributed by atoms with Crippen LogP contribution in [0.25, 0.3) is 0 Å². The number of hydrogen-bond donors (Lipinski definition) is 1. The minimum atomic E-state index is 0.254. The number of benzene rings is 1. The summed E-state index contributed by atoms with van der Waals surface area (Å²) in [5.74, 6) is 0.973. The standard InChI is InChI=1S/C18H30N2O/c1-5-12-21-17-10-8-16(9-11-17)20-14-18(6-2,7-3)19-13-15(20)4/h8-11,15,19H,5-7,12-14H2,1-4H3. The number of anilines is 1. The Labute approximate surface area is 129 Å². The summed E-state index contributed by atoms with van der Waals surface area (Å²) in [5, 5.41) is 3.75. The van der Waals surface area contributed by atoms with Gasteiger partial charge >= 0.3 is 0 Å². The summed E-state index contributed by atoms with van der Waals surface area (Å²) in [7, 11) is 0. The van der Waals surface area contributed by atoms with E-state index in [2.05, 4.69) is 62.2 Å². The second-order valence-electron chi connectivity index (χ2n) is 6.19. The average molecular weight is 290 g/mol. The summed E-state index contributed by atoms with van der Waals surface area (Å²) in [6, 6.07) is 9.11. The van der Waals surface area contributed by atoms with E-state index in [1.807, 2.05) is 0 Å². The molecule has 1 atom stereocenters. The fraction of sp³-hybridized carbons (Fsp3) is 0.667. The van der Waals surface area contributed by atoms with Gasteiger partial charge in [0.1, 0.15) is 5.75 Å². The zero-order chi connectivity index (χ0) is 15.3. The highest BCUT2D eigenvalue weighted by atomic mass is 16.5. The number of ether oxygens (including phenoxy) is 1. The Morgan fingerprint density at radius 1 is 1.19 bits per heavy atom. The molecule has 0 radical (unpaired) electrons. The van der Waals surface area contributed by atoms with Crippen molar-refractivity contribution >= 4 is 5.69 Å². The van der Waals surface area contributed by atoms with E-state index in [1.54, 1.807) is 0 Å². The van der Waals surface area contributed by atoms with Crippen LogP contribution >= 0.6 is 0 Å². The quantitative estimate of drug-likeness (QED) is 0.861. The molecule has 3 heteroatoms. The highest BCUT2D eigenvalue weighted by molar-refractivity contribution is 5.51. The maximum atomic E-state index is 5.68. The molecule has 1 saturated heterocycles. The zero-order valence-corrected chi connectivity index (χ0v) is 14.0. The van der Waals surface area contributed by atoms with Gasteiger partial charge in [-0.05, 0) is 50.5 Å². The second-order valence-corrected chi connectivity index (χ2v) is 6.19. The smallest absolute Gasteiger partial charge is 0.119 e. The van der Waals surface area contributed by atoms with Gasteiger partial charge in [-0.3, -0.25) is 0 Å². The van der Waals surface area contributed by atoms with Crippen molar-refractivity contribution in [2.45, 2.75) is 58.5 Å². The van der Waals surface area contributed by atoms with Crippen LogP contribution in [0, 0.1) is 0 Å². The molecule has 0 saturated carbocycles. The molecule has 0 aliphatic carbocycles. The van der Waals surface area contributed by atoms with Crippen LogP contribution in [0.5, 0.6) is 5.75 Å². The van der Waals surface area contributed by atoms with Crippen LogP contribution in [0.3, 0.4) is 0 Å². The van der Waals surface area contributed by atoms with Crippen molar-refractivity contribution in [3.8, 4) is 5.75 Å². The Hall–Kier alpha value is -1.22. The van der Waals surface area contributed by atoms with Crippen LogP contribution < -0.4 is 15.0 Å². The van der Waals surface area contributed by atoms with Crippen molar-refractivity contribution in [2.75, 3.05) is 24.6 Å². The normalized spacial score (nSPS) is 21.3. The molecule has 1 aliphatic heterocycles. The van der Waals surface area contributed by atoms with Crippen LogP contribution in [0.2, 0.25) is 0 Å². The molecular weight excluding hydrogens is 260 g/mol. The third-order valence-corrected chi connectivity index (χ3v) is 4.77. The first-order valence-electron chi connectivity index (χ1n) is 8.38. The first-order valence-corrected chi connectivity index (χ1v) is 8.38. The second kappa shape index (κ2) is 7.17. The molecule has 0 aromatic heterocycles. The number of nitrogens with one attached hydrogen (secondary N) is 1. The molecule has 1 N–H and O–H groups in total. The van der Waals surface area contributed by atoms with Crippen LogP contribution in [-0.2, 0) is 0 Å². The lowest BCUT2D eigenvalue weighted by molar-refractivity contribution is 0.253. The lowest BCUT2D eigenvalue weighted by atomic mass is 9.88. The monoisotopic (exact) mass is 290 g/mol. The number of piperazine rings is 1. The fourth-order valence-electron chi connectivity index (χ4n) is 3.04. The van der Waals surface area contributed by atoms with E-state index < -0.39 is 0 Å². The van der Waals surface area contributed by atoms with Gasteiger partial charge in [0, 0.05) is 30.4 Å². The molecule has 1 aromatic carbocycles. The van der Waals surface area contributed by atoms with E-state index in [4.69, 9.17) is 4.74 Å². The topological polar surface area (TPSA) is 24.5 Å². The molecule has 1 aliphatic rings. The van der Waals surface area contributed by atoms with Gasteiger partial charge in [-0.1, -0.05) is 20.8 Å². The van der Waals surface area contributed by atoms with E-state index in [0.29, 0.717) is 6.04 Å². The van der Waals surface area contributed by atoms with Crippen molar-refractivity contribution in [3.05, 3.63) is 24.3 Å². The van der Waals surface area contributed by atoms with Gasteiger partial charge in [-0.2, -0.15) is 0 Å². The SMILES string of the molecule is CCCOc1ccc(N2CC(CC)(CC)NCC2C)cc1. The van der Waals surface area contributed by atoms with Crippen molar-refractivity contribution in [1.82, 2.24) is 5.32 Å². The first kappa shape index (κ1) is 16.2. The molecule has 1 fully saturated rings. The number of nitrogens with zero attached hydrogens (tertiary/aromatic N) is 1. The zero-order valence-electron chi connectivity index (χ0n) is 14.0. The Balaban J connectivity index is 2.11. The number of rotatable bonds is 6. The van der Waals surface area contributed by atoms with Crippen LogP contribution in [-0.4, -0.2) is 31.3 Å². The van der Waals surface area contributed by atoms with Gasteiger partial charge in [0.25, 0.3) is 0 Å². The van der Waals surface area contributed by atoms with Crippen molar-refractivity contribution < 1.29 is 4.74 Å². The van der Waals surface area contributed by atoms with Gasteiger partial charge in [0.15, 0.2) is 0 Å². The summed E-state index contributed by atoms with van der Waals surface area (Å²) in [5.41, 5.74) is 1.56. The molecule has 118 valence electrons. The van der Waals surface area contributed by atoms with Gasteiger partial charge in [0.2, 0.25) is 0 Å². The summed E-state index contributed by atoms with van der Waals surface area (Å²) in [4.78, 5) is 2.53. The van der Waals surface area contributed by atoms with Crippen LogP contribution in [0.4, 0.5) is 5.69 Å². The van der Waals surface area contributed by atoms with Crippen molar-refractivity contribution in [2.24, 2.45) is 0 Å². The Morgan fingerprint density at radius 2 is 1.86 bits per heavy atom.